The number of aromatic nitrogens is 1. The standard InChI is InChI=1S/C17H13N5O3S/c1-9-5-11(26-8-19)3-4-14(9)21-17(25)20-7-13-10(2)12(6-18)15(23)22-16(13)24/h3-5,7H,1-2H3,(H,21,25)(H2,22,23,24). The lowest BCUT2D eigenvalue weighted by Gasteiger charge is -2.07. The fourth-order valence-electron chi connectivity index (χ4n) is 2.18. The fraction of sp³-hybridized carbons (Fsp3) is 0.118. The van der Waals surface area contributed by atoms with E-state index in [1.807, 2.05) is 5.40 Å². The van der Waals surface area contributed by atoms with Gasteiger partial charge in [-0.2, -0.15) is 10.5 Å². The summed E-state index contributed by atoms with van der Waals surface area (Å²) in [4.78, 5) is 30.1. The molecule has 8 nitrogen and oxygen atoms in total. The van der Waals surface area contributed by atoms with Crippen molar-refractivity contribution < 1.29 is 9.90 Å². The summed E-state index contributed by atoms with van der Waals surface area (Å²) in [5.41, 5.74) is 0.701. The van der Waals surface area contributed by atoms with Crippen molar-refractivity contribution in [3.05, 3.63) is 50.8 Å². The van der Waals surface area contributed by atoms with E-state index in [0.29, 0.717) is 5.69 Å². The van der Waals surface area contributed by atoms with E-state index in [1.165, 1.54) is 6.92 Å². The van der Waals surface area contributed by atoms with Crippen LogP contribution in [0.1, 0.15) is 22.3 Å². The Morgan fingerprint density at radius 3 is 2.73 bits per heavy atom. The number of benzene rings is 1. The van der Waals surface area contributed by atoms with Gasteiger partial charge in [-0.05, 0) is 54.9 Å². The van der Waals surface area contributed by atoms with Crippen LogP contribution in [0.25, 0.3) is 0 Å². The Morgan fingerprint density at radius 2 is 2.12 bits per heavy atom. The number of H-pyrrole nitrogens is 1. The maximum atomic E-state index is 12.0. The Labute approximate surface area is 152 Å². The van der Waals surface area contributed by atoms with Crippen LogP contribution >= 0.6 is 11.8 Å². The number of hydrogen-bond donors (Lipinski definition) is 3. The van der Waals surface area contributed by atoms with E-state index < -0.39 is 17.5 Å². The number of hydrogen-bond acceptors (Lipinski definition) is 6. The van der Waals surface area contributed by atoms with Crippen molar-refractivity contribution in [1.82, 2.24) is 4.98 Å². The van der Waals surface area contributed by atoms with E-state index >= 15 is 0 Å². The number of carbonyl (C=O) groups is 1. The molecule has 1 aromatic heterocycles. The SMILES string of the molecule is Cc1cc(SC#N)ccc1NC(=O)N=Cc1c(O)[nH]c(=O)c(C#N)c1C. The Balaban J connectivity index is 2.23. The van der Waals surface area contributed by atoms with Gasteiger partial charge in [-0.1, -0.05) is 0 Å². The van der Waals surface area contributed by atoms with Gasteiger partial charge in [-0.25, -0.2) is 9.79 Å². The molecule has 1 heterocycles. The van der Waals surface area contributed by atoms with Crippen LogP contribution in [-0.2, 0) is 0 Å². The highest BCUT2D eigenvalue weighted by Crippen LogP contribution is 2.23. The molecule has 0 radical (unpaired) electrons. The zero-order chi connectivity index (χ0) is 19.3. The predicted octanol–water partition coefficient (Wildman–Crippen LogP) is 2.79. The third-order valence-electron chi connectivity index (χ3n) is 3.52. The Hall–Kier alpha value is -3.56. The van der Waals surface area contributed by atoms with E-state index in [2.05, 4.69) is 15.3 Å². The maximum Gasteiger partial charge on any atom is 0.345 e. The number of nitriles is 2. The molecule has 0 aliphatic rings. The molecule has 1 aromatic carbocycles. The predicted molar refractivity (Wildman–Crippen MR) is 97.4 cm³/mol. The third-order valence-corrected chi connectivity index (χ3v) is 4.10. The number of aromatic hydroxyl groups is 1. The number of pyridine rings is 1. The van der Waals surface area contributed by atoms with Crippen LogP contribution in [0.5, 0.6) is 5.88 Å². The lowest BCUT2D eigenvalue weighted by atomic mass is 10.1. The van der Waals surface area contributed by atoms with Crippen molar-refractivity contribution in [2.75, 3.05) is 5.32 Å². The van der Waals surface area contributed by atoms with E-state index in [1.54, 1.807) is 31.2 Å². The number of nitrogens with one attached hydrogen (secondary N) is 2. The van der Waals surface area contributed by atoms with Gasteiger partial charge in [0.05, 0.1) is 5.56 Å². The summed E-state index contributed by atoms with van der Waals surface area (Å²) < 4.78 is 0. The van der Waals surface area contributed by atoms with Gasteiger partial charge in [0.1, 0.15) is 17.0 Å². The van der Waals surface area contributed by atoms with Crippen LogP contribution in [0.4, 0.5) is 10.5 Å². The van der Waals surface area contributed by atoms with Gasteiger partial charge < -0.3 is 10.4 Å². The van der Waals surface area contributed by atoms with Gasteiger partial charge in [0, 0.05) is 16.8 Å². The number of rotatable bonds is 3. The monoisotopic (exact) mass is 367 g/mol. The highest BCUT2D eigenvalue weighted by molar-refractivity contribution is 8.03. The molecular weight excluding hydrogens is 354 g/mol. The van der Waals surface area contributed by atoms with Crippen LogP contribution in [0.3, 0.4) is 0 Å². The van der Waals surface area contributed by atoms with E-state index in [4.69, 9.17) is 10.5 Å². The zero-order valence-corrected chi connectivity index (χ0v) is 14.6. The van der Waals surface area contributed by atoms with Gasteiger partial charge in [0.25, 0.3) is 5.56 Å². The molecule has 0 spiro atoms. The molecule has 2 rings (SSSR count). The first-order valence-electron chi connectivity index (χ1n) is 7.25. The van der Waals surface area contributed by atoms with Crippen LogP contribution in [0.2, 0.25) is 0 Å². The van der Waals surface area contributed by atoms with Crippen molar-refractivity contribution in [2.24, 2.45) is 4.99 Å². The largest absolute Gasteiger partial charge is 0.494 e. The minimum atomic E-state index is -0.713. The Kier molecular flexibility index (Phi) is 5.78. The summed E-state index contributed by atoms with van der Waals surface area (Å²) >= 11 is 1.01. The number of carbonyl (C=O) groups excluding carboxylic acids is 1. The molecule has 0 unspecified atom stereocenters. The van der Waals surface area contributed by atoms with Gasteiger partial charge in [0.15, 0.2) is 0 Å². The molecule has 3 N–H and O–H groups in total. The minimum Gasteiger partial charge on any atom is -0.494 e. The fourth-order valence-corrected chi connectivity index (χ4v) is 2.65. The third kappa shape index (κ3) is 4.09. The average molecular weight is 367 g/mol. The van der Waals surface area contributed by atoms with Gasteiger partial charge >= 0.3 is 6.03 Å². The lowest BCUT2D eigenvalue weighted by Crippen LogP contribution is -2.14. The summed E-state index contributed by atoms with van der Waals surface area (Å²) in [7, 11) is 0. The van der Waals surface area contributed by atoms with Gasteiger partial charge in [-0.15, -0.1) is 0 Å². The molecule has 0 aliphatic heterocycles. The average Bonchev–Trinajstić information content (AvgIpc) is 2.57. The number of nitrogens with zero attached hydrogens (tertiary/aromatic N) is 3. The minimum absolute atomic E-state index is 0.0776. The van der Waals surface area contributed by atoms with E-state index in [9.17, 15) is 14.7 Å². The lowest BCUT2D eigenvalue weighted by molar-refractivity contribution is 0.259. The van der Waals surface area contributed by atoms with E-state index in [0.717, 1.165) is 28.4 Å². The number of amides is 2. The number of urea groups is 1. The molecular formula is C17H13N5O3S. The summed E-state index contributed by atoms with van der Waals surface area (Å²) in [6.45, 7) is 3.25. The summed E-state index contributed by atoms with van der Waals surface area (Å²) in [6.07, 6.45) is 1.08. The van der Waals surface area contributed by atoms with Crippen LogP contribution in [-0.4, -0.2) is 22.3 Å². The number of aliphatic imine (C=N–C) groups is 1. The molecule has 130 valence electrons. The van der Waals surface area contributed by atoms with Crippen molar-refractivity contribution in [1.29, 1.82) is 10.5 Å². The molecule has 0 atom stereocenters. The molecule has 0 saturated heterocycles. The Morgan fingerprint density at radius 1 is 1.38 bits per heavy atom. The quantitative estimate of drug-likeness (QED) is 0.432. The van der Waals surface area contributed by atoms with E-state index in [-0.39, 0.29) is 16.7 Å². The first-order valence-corrected chi connectivity index (χ1v) is 8.06. The number of thioether (sulfide) groups is 1. The first-order chi connectivity index (χ1) is 12.4. The molecule has 26 heavy (non-hydrogen) atoms. The highest BCUT2D eigenvalue weighted by Gasteiger charge is 2.13. The molecule has 0 saturated carbocycles. The van der Waals surface area contributed by atoms with Crippen LogP contribution in [0, 0.1) is 35.8 Å². The molecule has 0 fully saturated rings. The smallest absolute Gasteiger partial charge is 0.345 e. The number of thiocyanates is 1. The highest BCUT2D eigenvalue weighted by atomic mass is 32.2. The molecule has 0 bridgehead atoms. The Bertz CT molecular complexity index is 1040. The molecule has 0 aliphatic carbocycles. The number of aromatic amines is 1. The van der Waals surface area contributed by atoms with Crippen LogP contribution < -0.4 is 10.9 Å². The molecule has 2 aromatic rings. The zero-order valence-electron chi connectivity index (χ0n) is 13.8. The summed E-state index contributed by atoms with van der Waals surface area (Å²) in [5, 5.41) is 32.0. The van der Waals surface area contributed by atoms with Gasteiger partial charge in [0.2, 0.25) is 5.88 Å². The summed E-state index contributed by atoms with van der Waals surface area (Å²) in [6, 6.07) is 6.14. The first kappa shape index (κ1) is 18.8. The topological polar surface area (TPSA) is 142 Å². The van der Waals surface area contributed by atoms with Crippen molar-refractivity contribution in [3.63, 3.8) is 0 Å². The molecule has 2 amide bonds. The number of anilines is 1. The van der Waals surface area contributed by atoms with Crippen molar-refractivity contribution >= 4 is 29.7 Å². The van der Waals surface area contributed by atoms with Crippen molar-refractivity contribution in [2.45, 2.75) is 18.7 Å². The van der Waals surface area contributed by atoms with Gasteiger partial charge in [-0.3, -0.25) is 9.78 Å². The second-order valence-electron chi connectivity index (χ2n) is 5.19. The van der Waals surface area contributed by atoms with Crippen molar-refractivity contribution in [3.8, 4) is 17.4 Å². The normalized spacial score (nSPS) is 10.3. The summed E-state index contributed by atoms with van der Waals surface area (Å²) in [5.74, 6) is -0.475. The second kappa shape index (κ2) is 8.01. The molecule has 9 heteroatoms. The number of aryl methyl sites for hydroxylation is 1. The second-order valence-corrected chi connectivity index (χ2v) is 6.04. The maximum absolute atomic E-state index is 12.0. The van der Waals surface area contributed by atoms with Crippen LogP contribution in [0.15, 0.2) is 32.9 Å².